The summed E-state index contributed by atoms with van der Waals surface area (Å²) in [5, 5.41) is 4.80. The number of aromatic nitrogens is 1. The highest BCUT2D eigenvalue weighted by atomic mass is 16.3. The summed E-state index contributed by atoms with van der Waals surface area (Å²) in [6, 6.07) is 64.9. The van der Waals surface area contributed by atoms with Crippen molar-refractivity contribution in [1.82, 2.24) is 4.57 Å². The lowest BCUT2D eigenvalue weighted by molar-refractivity contribution is 0.670. The van der Waals surface area contributed by atoms with Crippen molar-refractivity contribution in [2.45, 2.75) is 20.8 Å². The number of aryl methyl sites for hydroxylation is 3. The minimum absolute atomic E-state index is 0.920. The molecular formula is C51H39NO. The van der Waals surface area contributed by atoms with Crippen LogP contribution >= 0.6 is 0 Å². The van der Waals surface area contributed by atoms with Gasteiger partial charge in [0.05, 0.1) is 11.0 Å². The van der Waals surface area contributed by atoms with Gasteiger partial charge in [-0.15, -0.1) is 0 Å². The zero-order valence-electron chi connectivity index (χ0n) is 30.2. The molecule has 53 heavy (non-hydrogen) atoms. The fourth-order valence-corrected chi connectivity index (χ4v) is 7.70. The second kappa shape index (κ2) is 13.5. The molecule has 0 aliphatic carbocycles. The molecule has 2 aromatic heterocycles. The smallest absolute Gasteiger partial charge is 0.143 e. The summed E-state index contributed by atoms with van der Waals surface area (Å²) >= 11 is 0. The Bertz CT molecular complexity index is 2910. The molecular weight excluding hydrogens is 643 g/mol. The van der Waals surface area contributed by atoms with E-state index in [2.05, 4.69) is 177 Å². The van der Waals surface area contributed by atoms with Gasteiger partial charge in [-0.3, -0.25) is 0 Å². The minimum Gasteiger partial charge on any atom is -0.455 e. The maximum absolute atomic E-state index is 6.34. The SMILES string of the molecule is Cc1ccccc1.Cc1ccccc1-c1cc(-c2ccc3c(c2)c2ccccc2n3-c2ccc(-c3cccc4c3oc3ccccc34)cc2)ccc1C. The summed E-state index contributed by atoms with van der Waals surface area (Å²) in [5.74, 6) is 0. The third-order valence-corrected chi connectivity index (χ3v) is 10.5. The molecule has 0 aliphatic rings. The van der Waals surface area contributed by atoms with E-state index in [1.54, 1.807) is 0 Å². The second-order valence-electron chi connectivity index (χ2n) is 13.9. The maximum atomic E-state index is 6.34. The van der Waals surface area contributed by atoms with Crippen molar-refractivity contribution in [2.24, 2.45) is 0 Å². The number of benzene rings is 8. The molecule has 10 rings (SSSR count). The van der Waals surface area contributed by atoms with Gasteiger partial charge < -0.3 is 8.98 Å². The van der Waals surface area contributed by atoms with Crippen LogP contribution in [0.5, 0.6) is 0 Å². The topological polar surface area (TPSA) is 18.1 Å². The summed E-state index contributed by atoms with van der Waals surface area (Å²) < 4.78 is 8.73. The van der Waals surface area contributed by atoms with Crippen LogP contribution in [0.15, 0.2) is 186 Å². The average molecular weight is 682 g/mol. The van der Waals surface area contributed by atoms with E-state index in [0.29, 0.717) is 0 Å². The standard InChI is InChI=1S/C44H31NO.C7H8/c1-28-10-3-4-11-34(28)39-26-31(19-18-29(39)2)32-22-25-42-40(27-32)36-12-5-7-16-41(36)45(42)33-23-20-30(21-24-33)35-14-9-15-38-37-13-6-8-17-43(37)46-44(35)38;1-7-5-3-2-4-6-7/h3-27H,1-2H3;2-6H,1H3. The second-order valence-corrected chi connectivity index (χ2v) is 13.9. The first-order chi connectivity index (χ1) is 26.0. The van der Waals surface area contributed by atoms with Crippen LogP contribution in [0.1, 0.15) is 16.7 Å². The predicted molar refractivity (Wildman–Crippen MR) is 225 cm³/mol. The Morgan fingerprint density at radius 2 is 0.981 bits per heavy atom. The van der Waals surface area contributed by atoms with E-state index in [-0.39, 0.29) is 0 Å². The molecule has 0 fully saturated rings. The average Bonchev–Trinajstić information content (AvgIpc) is 3.75. The summed E-state index contributed by atoms with van der Waals surface area (Å²) in [6.07, 6.45) is 0. The van der Waals surface area contributed by atoms with Crippen molar-refractivity contribution in [3.63, 3.8) is 0 Å². The van der Waals surface area contributed by atoms with Gasteiger partial charge in [-0.1, -0.05) is 145 Å². The van der Waals surface area contributed by atoms with Crippen LogP contribution in [0.2, 0.25) is 0 Å². The molecule has 0 aliphatic heterocycles. The van der Waals surface area contributed by atoms with Crippen LogP contribution in [0.4, 0.5) is 0 Å². The van der Waals surface area contributed by atoms with Gasteiger partial charge in [0.2, 0.25) is 0 Å². The Kier molecular flexibility index (Phi) is 8.21. The Balaban J connectivity index is 0.000000480. The first-order valence-electron chi connectivity index (χ1n) is 18.3. The van der Waals surface area contributed by atoms with E-state index >= 15 is 0 Å². The Labute approximate surface area is 310 Å². The lowest BCUT2D eigenvalue weighted by Crippen LogP contribution is -1.94. The lowest BCUT2D eigenvalue weighted by atomic mass is 9.92. The van der Waals surface area contributed by atoms with Gasteiger partial charge in [0.15, 0.2) is 0 Å². The molecule has 254 valence electrons. The molecule has 0 bridgehead atoms. The molecule has 0 atom stereocenters. The lowest BCUT2D eigenvalue weighted by Gasteiger charge is -2.13. The third kappa shape index (κ3) is 5.89. The molecule has 0 amide bonds. The molecule has 2 heterocycles. The molecule has 0 N–H and O–H groups in total. The van der Waals surface area contributed by atoms with Crippen LogP contribution in [0.3, 0.4) is 0 Å². The molecule has 8 aromatic carbocycles. The molecule has 0 spiro atoms. The highest BCUT2D eigenvalue weighted by Crippen LogP contribution is 2.39. The van der Waals surface area contributed by atoms with Crippen molar-refractivity contribution in [1.29, 1.82) is 0 Å². The first-order valence-corrected chi connectivity index (χ1v) is 18.3. The van der Waals surface area contributed by atoms with E-state index in [0.717, 1.165) is 38.8 Å². The summed E-state index contributed by atoms with van der Waals surface area (Å²) in [7, 11) is 0. The zero-order chi connectivity index (χ0) is 35.9. The van der Waals surface area contributed by atoms with Crippen LogP contribution in [-0.2, 0) is 0 Å². The van der Waals surface area contributed by atoms with E-state index < -0.39 is 0 Å². The van der Waals surface area contributed by atoms with Crippen molar-refractivity contribution in [2.75, 3.05) is 0 Å². The number of hydrogen-bond acceptors (Lipinski definition) is 1. The van der Waals surface area contributed by atoms with Crippen molar-refractivity contribution in [3.05, 3.63) is 199 Å². The van der Waals surface area contributed by atoms with E-state index in [9.17, 15) is 0 Å². The predicted octanol–water partition coefficient (Wildman–Crippen LogP) is 14.3. The van der Waals surface area contributed by atoms with Crippen LogP contribution in [-0.4, -0.2) is 4.57 Å². The highest BCUT2D eigenvalue weighted by molar-refractivity contribution is 6.11. The molecule has 0 unspecified atom stereocenters. The van der Waals surface area contributed by atoms with Crippen LogP contribution < -0.4 is 0 Å². The number of rotatable bonds is 4. The molecule has 2 heteroatoms. The van der Waals surface area contributed by atoms with Crippen molar-refractivity contribution in [3.8, 4) is 39.1 Å². The largest absolute Gasteiger partial charge is 0.455 e. The number of furan rings is 1. The summed E-state index contributed by atoms with van der Waals surface area (Å²) in [5.41, 5.74) is 16.6. The molecule has 0 radical (unpaired) electrons. The normalized spacial score (nSPS) is 11.3. The third-order valence-electron chi connectivity index (χ3n) is 10.5. The Hall–Kier alpha value is -6.64. The summed E-state index contributed by atoms with van der Waals surface area (Å²) in [4.78, 5) is 0. The van der Waals surface area contributed by atoms with E-state index in [1.165, 1.54) is 60.8 Å². The molecule has 10 aromatic rings. The fourth-order valence-electron chi connectivity index (χ4n) is 7.70. The monoisotopic (exact) mass is 681 g/mol. The summed E-state index contributed by atoms with van der Waals surface area (Å²) in [6.45, 7) is 6.47. The Morgan fingerprint density at radius 3 is 1.77 bits per heavy atom. The maximum Gasteiger partial charge on any atom is 0.143 e. The van der Waals surface area contributed by atoms with Crippen molar-refractivity contribution < 1.29 is 4.42 Å². The number of nitrogens with zero attached hydrogens (tertiary/aromatic N) is 1. The van der Waals surface area contributed by atoms with Gasteiger partial charge in [0, 0.05) is 32.8 Å². The molecule has 0 saturated heterocycles. The van der Waals surface area contributed by atoms with Gasteiger partial charge in [-0.25, -0.2) is 0 Å². The molecule has 0 saturated carbocycles. The Morgan fingerprint density at radius 1 is 0.377 bits per heavy atom. The van der Waals surface area contributed by atoms with E-state index in [1.807, 2.05) is 30.3 Å². The zero-order valence-corrected chi connectivity index (χ0v) is 30.2. The van der Waals surface area contributed by atoms with Gasteiger partial charge in [-0.2, -0.15) is 0 Å². The number of hydrogen-bond donors (Lipinski definition) is 0. The first kappa shape index (κ1) is 32.3. The van der Waals surface area contributed by atoms with Gasteiger partial charge >= 0.3 is 0 Å². The van der Waals surface area contributed by atoms with Gasteiger partial charge in [0.25, 0.3) is 0 Å². The van der Waals surface area contributed by atoms with Crippen LogP contribution in [0, 0.1) is 20.8 Å². The minimum atomic E-state index is 0.920. The van der Waals surface area contributed by atoms with Crippen LogP contribution in [0.25, 0.3) is 82.8 Å². The molecule has 2 nitrogen and oxygen atoms in total. The van der Waals surface area contributed by atoms with Gasteiger partial charge in [0.1, 0.15) is 11.2 Å². The highest BCUT2D eigenvalue weighted by Gasteiger charge is 2.16. The van der Waals surface area contributed by atoms with Crippen molar-refractivity contribution >= 4 is 43.7 Å². The fraction of sp³-hybridized carbons (Fsp3) is 0.0588. The number of fused-ring (bicyclic) bond motifs is 6. The quantitative estimate of drug-likeness (QED) is 0.181. The number of para-hydroxylation sites is 3. The van der Waals surface area contributed by atoms with Gasteiger partial charge in [-0.05, 0) is 102 Å². The van der Waals surface area contributed by atoms with E-state index in [4.69, 9.17) is 4.42 Å².